The first kappa shape index (κ1) is 11.7. The summed E-state index contributed by atoms with van der Waals surface area (Å²) in [6, 6.07) is 0.319. The first-order chi connectivity index (χ1) is 7.02. The first-order valence-electron chi connectivity index (χ1n) is 5.14. The number of nitrogens with zero attached hydrogens (tertiary/aromatic N) is 3. The largest absolute Gasteiger partial charge is 0.481 e. The molecule has 1 N–H and O–H groups in total. The van der Waals surface area contributed by atoms with Gasteiger partial charge >= 0.3 is 5.97 Å². The van der Waals surface area contributed by atoms with Crippen molar-refractivity contribution in [1.29, 1.82) is 0 Å². The second kappa shape index (κ2) is 4.91. The molecule has 0 aliphatic heterocycles. The molecular weight excluding hydrogens is 194 g/mol. The highest BCUT2D eigenvalue weighted by Gasteiger charge is 2.11. The van der Waals surface area contributed by atoms with E-state index in [1.165, 1.54) is 0 Å². The van der Waals surface area contributed by atoms with Gasteiger partial charge in [-0.1, -0.05) is 0 Å². The van der Waals surface area contributed by atoms with E-state index in [9.17, 15) is 4.79 Å². The second-order valence-electron chi connectivity index (χ2n) is 3.87. The molecule has 0 fully saturated rings. The average molecular weight is 211 g/mol. The molecule has 0 bridgehead atoms. The van der Waals surface area contributed by atoms with E-state index in [2.05, 4.69) is 24.0 Å². The van der Waals surface area contributed by atoms with Gasteiger partial charge in [-0.05, 0) is 27.2 Å². The summed E-state index contributed by atoms with van der Waals surface area (Å²) in [4.78, 5) is 10.4. The van der Waals surface area contributed by atoms with Gasteiger partial charge in [0, 0.05) is 18.9 Å². The standard InChI is InChI=1S/C10H17N3O2/c1-7(2)13-8(3)11-12-9(13)5-4-6-10(14)15/h7H,4-6H2,1-3H3,(H,14,15). The fourth-order valence-electron chi connectivity index (χ4n) is 1.65. The Bertz CT molecular complexity index is 344. The highest BCUT2D eigenvalue weighted by molar-refractivity contribution is 5.66. The number of aryl methyl sites for hydroxylation is 2. The molecule has 15 heavy (non-hydrogen) atoms. The maximum absolute atomic E-state index is 10.4. The third-order valence-corrected chi connectivity index (χ3v) is 2.24. The molecule has 0 atom stereocenters. The van der Waals surface area contributed by atoms with Gasteiger partial charge in [0.25, 0.3) is 0 Å². The Balaban J connectivity index is 2.64. The smallest absolute Gasteiger partial charge is 0.303 e. The van der Waals surface area contributed by atoms with Crippen molar-refractivity contribution in [2.24, 2.45) is 0 Å². The van der Waals surface area contributed by atoms with Crippen molar-refractivity contribution in [2.45, 2.75) is 46.1 Å². The fraction of sp³-hybridized carbons (Fsp3) is 0.700. The molecule has 0 aromatic carbocycles. The minimum Gasteiger partial charge on any atom is -0.481 e. The predicted molar refractivity (Wildman–Crippen MR) is 55.7 cm³/mol. The van der Waals surface area contributed by atoms with Gasteiger partial charge in [0.15, 0.2) is 0 Å². The number of hydrogen-bond donors (Lipinski definition) is 1. The monoisotopic (exact) mass is 211 g/mol. The summed E-state index contributed by atoms with van der Waals surface area (Å²) in [5.74, 6) is 1.00. The molecule has 84 valence electrons. The molecule has 0 aliphatic rings. The van der Waals surface area contributed by atoms with E-state index in [-0.39, 0.29) is 6.42 Å². The minimum atomic E-state index is -0.762. The quantitative estimate of drug-likeness (QED) is 0.802. The third-order valence-electron chi connectivity index (χ3n) is 2.24. The summed E-state index contributed by atoms with van der Waals surface area (Å²) in [6.07, 6.45) is 1.47. The van der Waals surface area contributed by atoms with Crippen LogP contribution in [0.1, 0.15) is 44.4 Å². The summed E-state index contributed by atoms with van der Waals surface area (Å²) >= 11 is 0. The van der Waals surface area contributed by atoms with Gasteiger partial charge in [-0.3, -0.25) is 4.79 Å². The molecule has 1 aromatic heterocycles. The molecule has 0 unspecified atom stereocenters. The van der Waals surface area contributed by atoms with E-state index in [0.717, 1.165) is 11.6 Å². The van der Waals surface area contributed by atoms with E-state index in [1.807, 2.05) is 11.5 Å². The first-order valence-corrected chi connectivity index (χ1v) is 5.14. The van der Waals surface area contributed by atoms with Crippen molar-refractivity contribution in [1.82, 2.24) is 14.8 Å². The summed E-state index contributed by atoms with van der Waals surface area (Å²) in [5, 5.41) is 16.6. The zero-order valence-corrected chi connectivity index (χ0v) is 9.40. The van der Waals surface area contributed by atoms with Crippen molar-refractivity contribution in [3.05, 3.63) is 11.6 Å². The van der Waals surface area contributed by atoms with Gasteiger partial charge in [0.2, 0.25) is 0 Å². The van der Waals surface area contributed by atoms with Crippen molar-refractivity contribution in [2.75, 3.05) is 0 Å². The maximum Gasteiger partial charge on any atom is 0.303 e. The SMILES string of the molecule is Cc1nnc(CCCC(=O)O)n1C(C)C. The van der Waals surface area contributed by atoms with Crippen LogP contribution in [0.3, 0.4) is 0 Å². The lowest BCUT2D eigenvalue weighted by Gasteiger charge is -2.11. The number of hydrogen-bond acceptors (Lipinski definition) is 3. The van der Waals surface area contributed by atoms with Gasteiger partial charge in [-0.2, -0.15) is 0 Å². The Morgan fingerprint density at radius 2 is 2.13 bits per heavy atom. The molecule has 1 heterocycles. The topological polar surface area (TPSA) is 68.0 Å². The van der Waals surface area contributed by atoms with Crippen LogP contribution in [0.4, 0.5) is 0 Å². The molecule has 1 rings (SSSR count). The lowest BCUT2D eigenvalue weighted by atomic mass is 10.2. The Morgan fingerprint density at radius 1 is 1.47 bits per heavy atom. The zero-order chi connectivity index (χ0) is 11.4. The highest BCUT2D eigenvalue weighted by atomic mass is 16.4. The van der Waals surface area contributed by atoms with Crippen LogP contribution in [-0.4, -0.2) is 25.8 Å². The van der Waals surface area contributed by atoms with Crippen molar-refractivity contribution in [3.8, 4) is 0 Å². The van der Waals surface area contributed by atoms with Gasteiger partial charge < -0.3 is 9.67 Å². The molecule has 0 aliphatic carbocycles. The maximum atomic E-state index is 10.4. The summed E-state index contributed by atoms with van der Waals surface area (Å²) in [5.41, 5.74) is 0. The van der Waals surface area contributed by atoms with Gasteiger partial charge in [-0.15, -0.1) is 10.2 Å². The van der Waals surface area contributed by atoms with Gasteiger partial charge in [0.05, 0.1) is 0 Å². The zero-order valence-electron chi connectivity index (χ0n) is 9.40. The number of carboxylic acids is 1. The molecular formula is C10H17N3O2. The molecule has 5 nitrogen and oxygen atoms in total. The summed E-state index contributed by atoms with van der Waals surface area (Å²) in [6.45, 7) is 6.04. The Morgan fingerprint density at radius 3 is 2.67 bits per heavy atom. The van der Waals surface area contributed by atoms with Gasteiger partial charge in [-0.25, -0.2) is 0 Å². The lowest BCUT2D eigenvalue weighted by molar-refractivity contribution is -0.137. The number of carboxylic acid groups (broad SMARTS) is 1. The molecule has 0 saturated carbocycles. The number of carbonyl (C=O) groups is 1. The number of rotatable bonds is 5. The van der Waals surface area contributed by atoms with Crippen LogP contribution >= 0.6 is 0 Å². The van der Waals surface area contributed by atoms with Crippen LogP contribution in [0, 0.1) is 6.92 Å². The Hall–Kier alpha value is -1.39. The predicted octanol–water partition coefficient (Wildman–Crippen LogP) is 1.57. The van der Waals surface area contributed by atoms with E-state index in [0.29, 0.717) is 18.9 Å². The fourth-order valence-corrected chi connectivity index (χ4v) is 1.65. The lowest BCUT2D eigenvalue weighted by Crippen LogP contribution is -2.09. The molecule has 0 radical (unpaired) electrons. The van der Waals surface area contributed by atoms with Crippen molar-refractivity contribution in [3.63, 3.8) is 0 Å². The number of aliphatic carboxylic acids is 1. The van der Waals surface area contributed by atoms with Crippen LogP contribution < -0.4 is 0 Å². The normalized spacial score (nSPS) is 10.9. The van der Waals surface area contributed by atoms with E-state index >= 15 is 0 Å². The van der Waals surface area contributed by atoms with Gasteiger partial charge in [0.1, 0.15) is 11.6 Å². The van der Waals surface area contributed by atoms with E-state index in [1.54, 1.807) is 0 Å². The molecule has 0 amide bonds. The van der Waals surface area contributed by atoms with Crippen LogP contribution in [-0.2, 0) is 11.2 Å². The van der Waals surface area contributed by atoms with Crippen molar-refractivity contribution >= 4 is 5.97 Å². The molecule has 1 aromatic rings. The minimum absolute atomic E-state index is 0.185. The Labute approximate surface area is 89.1 Å². The molecule has 0 saturated heterocycles. The second-order valence-corrected chi connectivity index (χ2v) is 3.87. The van der Waals surface area contributed by atoms with Crippen molar-refractivity contribution < 1.29 is 9.90 Å². The van der Waals surface area contributed by atoms with Crippen LogP contribution in [0.5, 0.6) is 0 Å². The van der Waals surface area contributed by atoms with E-state index < -0.39 is 5.97 Å². The molecule has 5 heteroatoms. The summed E-state index contributed by atoms with van der Waals surface area (Å²) in [7, 11) is 0. The molecule has 0 spiro atoms. The third kappa shape index (κ3) is 3.04. The van der Waals surface area contributed by atoms with E-state index in [4.69, 9.17) is 5.11 Å². The van der Waals surface area contributed by atoms with Crippen LogP contribution in [0.15, 0.2) is 0 Å². The summed E-state index contributed by atoms with van der Waals surface area (Å²) < 4.78 is 2.04. The number of aromatic nitrogens is 3. The Kier molecular flexibility index (Phi) is 3.82. The average Bonchev–Trinajstić information content (AvgIpc) is 2.46. The van der Waals surface area contributed by atoms with Crippen LogP contribution in [0.2, 0.25) is 0 Å². The van der Waals surface area contributed by atoms with Crippen LogP contribution in [0.25, 0.3) is 0 Å². The highest BCUT2D eigenvalue weighted by Crippen LogP contribution is 2.12.